The minimum Gasteiger partial charge on any atom is -0.313 e. The zero-order valence-corrected chi connectivity index (χ0v) is 11.5. The smallest absolute Gasteiger partial charge is 0.126 e. The molecule has 1 aromatic rings. The first-order chi connectivity index (χ1) is 9.19. The first-order valence-electron chi connectivity index (χ1n) is 7.04. The van der Waals surface area contributed by atoms with E-state index in [1.165, 1.54) is 31.4 Å². The molecule has 0 aromatic heterocycles. The average molecular weight is 268 g/mol. The van der Waals surface area contributed by atoms with Crippen molar-refractivity contribution in [3.8, 4) is 0 Å². The molecule has 1 fully saturated rings. The van der Waals surface area contributed by atoms with E-state index in [0.717, 1.165) is 32.1 Å². The normalized spacial score (nSPS) is 18.5. The first kappa shape index (κ1) is 14.4. The van der Waals surface area contributed by atoms with Crippen LogP contribution in [0, 0.1) is 11.6 Å². The highest BCUT2D eigenvalue weighted by Crippen LogP contribution is 2.20. The summed E-state index contributed by atoms with van der Waals surface area (Å²) >= 11 is 0. The van der Waals surface area contributed by atoms with E-state index in [2.05, 4.69) is 10.2 Å². The van der Waals surface area contributed by atoms with Crippen molar-refractivity contribution in [1.82, 2.24) is 10.2 Å². The molecule has 1 heterocycles. The van der Waals surface area contributed by atoms with Crippen LogP contribution < -0.4 is 5.32 Å². The standard InChI is InChI=1S/C15H22F2N2/c1-18-15(5-8-19-6-3-2-4-7-19)12-9-13(16)11-14(17)10-12/h9-11,15,18H,2-8H2,1H3. The maximum Gasteiger partial charge on any atom is 0.126 e. The quantitative estimate of drug-likeness (QED) is 0.882. The molecule has 1 unspecified atom stereocenters. The van der Waals surface area contributed by atoms with E-state index in [9.17, 15) is 8.78 Å². The third kappa shape index (κ3) is 4.25. The first-order valence-corrected chi connectivity index (χ1v) is 7.04. The van der Waals surface area contributed by atoms with Crippen LogP contribution in [0.25, 0.3) is 0 Å². The molecule has 2 rings (SSSR count). The molecular weight excluding hydrogens is 246 g/mol. The van der Waals surface area contributed by atoms with Crippen molar-refractivity contribution < 1.29 is 8.78 Å². The number of likely N-dealkylation sites (tertiary alicyclic amines) is 1. The fourth-order valence-electron chi connectivity index (χ4n) is 2.75. The number of hydrogen-bond donors (Lipinski definition) is 1. The Morgan fingerprint density at radius 3 is 2.32 bits per heavy atom. The van der Waals surface area contributed by atoms with Gasteiger partial charge in [-0.15, -0.1) is 0 Å². The molecule has 1 saturated heterocycles. The molecule has 4 heteroatoms. The summed E-state index contributed by atoms with van der Waals surface area (Å²) in [5, 5.41) is 3.15. The van der Waals surface area contributed by atoms with Crippen molar-refractivity contribution >= 4 is 0 Å². The highest BCUT2D eigenvalue weighted by molar-refractivity contribution is 5.21. The lowest BCUT2D eigenvalue weighted by molar-refractivity contribution is 0.218. The van der Waals surface area contributed by atoms with Gasteiger partial charge in [-0.2, -0.15) is 0 Å². The number of nitrogens with zero attached hydrogens (tertiary/aromatic N) is 1. The van der Waals surface area contributed by atoms with Gasteiger partial charge >= 0.3 is 0 Å². The average Bonchev–Trinajstić information content (AvgIpc) is 2.39. The minimum atomic E-state index is -0.506. The maximum atomic E-state index is 13.2. The van der Waals surface area contributed by atoms with E-state index in [4.69, 9.17) is 0 Å². The van der Waals surface area contributed by atoms with Crippen molar-refractivity contribution in [3.05, 3.63) is 35.4 Å². The third-order valence-electron chi connectivity index (χ3n) is 3.82. The molecule has 0 aliphatic carbocycles. The van der Waals surface area contributed by atoms with E-state index in [-0.39, 0.29) is 6.04 Å². The Kier molecular flexibility index (Phi) is 5.28. The van der Waals surface area contributed by atoms with Gasteiger partial charge < -0.3 is 10.2 Å². The van der Waals surface area contributed by atoms with Crippen molar-refractivity contribution in [2.45, 2.75) is 31.7 Å². The Balaban J connectivity index is 1.95. The van der Waals surface area contributed by atoms with E-state index < -0.39 is 11.6 Å². The summed E-state index contributed by atoms with van der Waals surface area (Å²) in [4.78, 5) is 2.43. The lowest BCUT2D eigenvalue weighted by Gasteiger charge is -2.28. The van der Waals surface area contributed by atoms with Gasteiger partial charge in [0.25, 0.3) is 0 Å². The van der Waals surface area contributed by atoms with Gasteiger partial charge in [0.05, 0.1) is 0 Å². The van der Waals surface area contributed by atoms with Gasteiger partial charge in [-0.1, -0.05) is 6.42 Å². The van der Waals surface area contributed by atoms with Crippen LogP contribution in [0.1, 0.15) is 37.3 Å². The molecule has 1 atom stereocenters. The van der Waals surface area contributed by atoms with E-state index >= 15 is 0 Å². The Labute approximate surface area is 113 Å². The molecule has 106 valence electrons. The van der Waals surface area contributed by atoms with E-state index in [1.54, 1.807) is 0 Å². The van der Waals surface area contributed by atoms with Crippen LogP contribution in [0.4, 0.5) is 8.78 Å². The largest absolute Gasteiger partial charge is 0.313 e. The van der Waals surface area contributed by atoms with Crippen LogP contribution in [0.15, 0.2) is 18.2 Å². The predicted molar refractivity (Wildman–Crippen MR) is 73.1 cm³/mol. The molecule has 0 amide bonds. The van der Waals surface area contributed by atoms with Crippen LogP contribution in [0.3, 0.4) is 0 Å². The van der Waals surface area contributed by atoms with Crippen molar-refractivity contribution in [2.24, 2.45) is 0 Å². The third-order valence-corrected chi connectivity index (χ3v) is 3.82. The second-order valence-electron chi connectivity index (χ2n) is 5.24. The fraction of sp³-hybridized carbons (Fsp3) is 0.600. The zero-order valence-electron chi connectivity index (χ0n) is 11.5. The van der Waals surface area contributed by atoms with Crippen LogP contribution in [0.5, 0.6) is 0 Å². The number of hydrogen-bond acceptors (Lipinski definition) is 2. The monoisotopic (exact) mass is 268 g/mol. The van der Waals surface area contributed by atoms with Gasteiger partial charge in [-0.3, -0.25) is 0 Å². The SMILES string of the molecule is CNC(CCN1CCCCC1)c1cc(F)cc(F)c1. The number of halogens is 2. The zero-order chi connectivity index (χ0) is 13.7. The second kappa shape index (κ2) is 6.96. The Morgan fingerprint density at radius 2 is 1.74 bits per heavy atom. The Morgan fingerprint density at radius 1 is 1.11 bits per heavy atom. The summed E-state index contributed by atoms with van der Waals surface area (Å²) in [6.07, 6.45) is 4.72. The highest BCUT2D eigenvalue weighted by atomic mass is 19.1. The lowest BCUT2D eigenvalue weighted by Crippen LogP contribution is -2.32. The van der Waals surface area contributed by atoms with Gasteiger partial charge in [-0.05, 0) is 63.6 Å². The summed E-state index contributed by atoms with van der Waals surface area (Å²) in [7, 11) is 1.84. The Bertz CT molecular complexity index is 383. The summed E-state index contributed by atoms with van der Waals surface area (Å²) < 4.78 is 26.5. The van der Waals surface area contributed by atoms with Crippen molar-refractivity contribution in [1.29, 1.82) is 0 Å². The van der Waals surface area contributed by atoms with Gasteiger partial charge in [0.1, 0.15) is 11.6 Å². The predicted octanol–water partition coefficient (Wildman–Crippen LogP) is 3.10. The molecule has 1 aromatic carbocycles. The van der Waals surface area contributed by atoms with Gasteiger partial charge in [0.2, 0.25) is 0 Å². The van der Waals surface area contributed by atoms with Crippen LogP contribution in [-0.2, 0) is 0 Å². The molecule has 0 bridgehead atoms. The summed E-state index contributed by atoms with van der Waals surface area (Å²) in [6.45, 7) is 3.27. The molecule has 2 nitrogen and oxygen atoms in total. The number of rotatable bonds is 5. The molecule has 0 spiro atoms. The highest BCUT2D eigenvalue weighted by Gasteiger charge is 2.15. The molecule has 0 radical (unpaired) electrons. The summed E-state index contributed by atoms with van der Waals surface area (Å²) in [5.74, 6) is -1.01. The van der Waals surface area contributed by atoms with Crippen LogP contribution in [0.2, 0.25) is 0 Å². The fourth-order valence-corrected chi connectivity index (χ4v) is 2.75. The topological polar surface area (TPSA) is 15.3 Å². The van der Waals surface area contributed by atoms with Crippen LogP contribution in [-0.4, -0.2) is 31.6 Å². The van der Waals surface area contributed by atoms with E-state index in [0.29, 0.717) is 5.56 Å². The van der Waals surface area contributed by atoms with Gasteiger partial charge in [0, 0.05) is 12.1 Å². The summed E-state index contributed by atoms with van der Waals surface area (Å²) in [5.41, 5.74) is 0.692. The number of piperidine rings is 1. The molecule has 1 aliphatic heterocycles. The summed E-state index contributed by atoms with van der Waals surface area (Å²) in [6, 6.07) is 3.76. The van der Waals surface area contributed by atoms with E-state index in [1.807, 2.05) is 7.05 Å². The maximum absolute atomic E-state index is 13.2. The van der Waals surface area contributed by atoms with Gasteiger partial charge in [-0.25, -0.2) is 8.78 Å². The minimum absolute atomic E-state index is 0.00660. The van der Waals surface area contributed by atoms with Crippen molar-refractivity contribution in [3.63, 3.8) is 0 Å². The molecule has 1 N–H and O–H groups in total. The molecule has 19 heavy (non-hydrogen) atoms. The second-order valence-corrected chi connectivity index (χ2v) is 5.24. The lowest BCUT2D eigenvalue weighted by atomic mass is 10.0. The van der Waals surface area contributed by atoms with Gasteiger partial charge in [0.15, 0.2) is 0 Å². The molecule has 0 saturated carbocycles. The van der Waals surface area contributed by atoms with Crippen LogP contribution >= 0.6 is 0 Å². The van der Waals surface area contributed by atoms with Crippen molar-refractivity contribution in [2.75, 3.05) is 26.7 Å². The number of nitrogens with one attached hydrogen (secondary N) is 1. The molecule has 1 aliphatic rings. The molecular formula is C15H22F2N2. The number of benzene rings is 1. The Hall–Kier alpha value is -1.00.